The third-order valence-corrected chi connectivity index (χ3v) is 3.45. The average Bonchev–Trinajstić information content (AvgIpc) is 2.66. The van der Waals surface area contributed by atoms with Crippen molar-refractivity contribution in [3.05, 3.63) is 18.2 Å². The summed E-state index contributed by atoms with van der Waals surface area (Å²) in [7, 11) is 0. The van der Waals surface area contributed by atoms with Gasteiger partial charge in [-0.3, -0.25) is 0 Å². The first-order chi connectivity index (χ1) is 8.36. The summed E-state index contributed by atoms with van der Waals surface area (Å²) in [5.74, 6) is 0.526. The predicted octanol–water partition coefficient (Wildman–Crippen LogP) is 3.50. The van der Waals surface area contributed by atoms with Crippen molar-refractivity contribution in [1.29, 1.82) is 0 Å². The first kappa shape index (κ1) is 12.7. The predicted molar refractivity (Wildman–Crippen MR) is 75.5 cm³/mol. The normalized spacial score (nSPS) is 13.8. The van der Waals surface area contributed by atoms with Gasteiger partial charge in [0.1, 0.15) is 5.52 Å². The van der Waals surface area contributed by atoms with Gasteiger partial charge in [-0.15, -0.1) is 0 Å². The fourth-order valence-corrected chi connectivity index (χ4v) is 1.57. The molecular formula is C14H21N3O. The number of hydrogen-bond acceptors (Lipinski definition) is 4. The van der Waals surface area contributed by atoms with Gasteiger partial charge in [-0.25, -0.2) is 0 Å². The second-order valence-electron chi connectivity index (χ2n) is 5.89. The van der Waals surface area contributed by atoms with Crippen LogP contribution in [0.4, 0.5) is 11.7 Å². The molecule has 1 aromatic carbocycles. The summed E-state index contributed by atoms with van der Waals surface area (Å²) in [6.07, 6.45) is 0. The molecule has 1 unspecified atom stereocenters. The summed E-state index contributed by atoms with van der Waals surface area (Å²) in [5, 5.41) is 3.24. The summed E-state index contributed by atoms with van der Waals surface area (Å²) in [6.45, 7) is 9.74. The SMILES string of the molecule is CC(CNc1nc2cc(N)ccc2o1)C(C)(C)C. The molecule has 0 aliphatic heterocycles. The van der Waals surface area contributed by atoms with Crippen LogP contribution in [0.3, 0.4) is 0 Å². The van der Waals surface area contributed by atoms with Crippen LogP contribution in [-0.2, 0) is 0 Å². The Morgan fingerprint density at radius 2 is 2.11 bits per heavy atom. The molecule has 0 aliphatic rings. The van der Waals surface area contributed by atoms with Crippen LogP contribution < -0.4 is 11.1 Å². The zero-order valence-electron chi connectivity index (χ0n) is 11.4. The first-order valence-electron chi connectivity index (χ1n) is 6.26. The van der Waals surface area contributed by atoms with Crippen LogP contribution in [0.5, 0.6) is 0 Å². The monoisotopic (exact) mass is 247 g/mol. The molecule has 0 fully saturated rings. The third-order valence-electron chi connectivity index (χ3n) is 3.45. The molecule has 18 heavy (non-hydrogen) atoms. The Kier molecular flexibility index (Phi) is 3.20. The lowest BCUT2D eigenvalue weighted by atomic mass is 9.82. The van der Waals surface area contributed by atoms with Crippen molar-refractivity contribution < 1.29 is 4.42 Å². The van der Waals surface area contributed by atoms with E-state index in [-0.39, 0.29) is 5.41 Å². The topological polar surface area (TPSA) is 64.1 Å². The van der Waals surface area contributed by atoms with Crippen LogP contribution in [0.2, 0.25) is 0 Å². The number of aromatic nitrogens is 1. The summed E-state index contributed by atoms with van der Waals surface area (Å²) >= 11 is 0. The lowest BCUT2D eigenvalue weighted by Crippen LogP contribution is -2.24. The minimum Gasteiger partial charge on any atom is -0.424 e. The molecular weight excluding hydrogens is 226 g/mol. The highest BCUT2D eigenvalue weighted by molar-refractivity contribution is 5.78. The van der Waals surface area contributed by atoms with Crippen LogP contribution in [-0.4, -0.2) is 11.5 Å². The molecule has 98 valence electrons. The standard InChI is InChI=1S/C14H21N3O/c1-9(14(2,3)4)8-16-13-17-11-7-10(15)5-6-12(11)18-13/h5-7,9H,8,15H2,1-4H3,(H,16,17). The summed E-state index contributed by atoms with van der Waals surface area (Å²) in [5.41, 5.74) is 8.23. The highest BCUT2D eigenvalue weighted by Crippen LogP contribution is 2.26. The highest BCUT2D eigenvalue weighted by atomic mass is 16.4. The van der Waals surface area contributed by atoms with Gasteiger partial charge >= 0.3 is 0 Å². The molecule has 2 rings (SSSR count). The zero-order valence-corrected chi connectivity index (χ0v) is 11.4. The van der Waals surface area contributed by atoms with E-state index in [1.54, 1.807) is 0 Å². The fraction of sp³-hybridized carbons (Fsp3) is 0.500. The Balaban J connectivity index is 2.09. The maximum absolute atomic E-state index is 5.71. The van der Waals surface area contributed by atoms with E-state index in [1.165, 1.54) is 0 Å². The Morgan fingerprint density at radius 1 is 1.39 bits per heavy atom. The first-order valence-corrected chi connectivity index (χ1v) is 6.26. The minimum atomic E-state index is 0.267. The summed E-state index contributed by atoms with van der Waals surface area (Å²) in [6, 6.07) is 6.04. The molecule has 3 N–H and O–H groups in total. The number of nitrogens with one attached hydrogen (secondary N) is 1. The highest BCUT2D eigenvalue weighted by Gasteiger charge is 2.20. The van der Waals surface area contributed by atoms with E-state index in [9.17, 15) is 0 Å². The lowest BCUT2D eigenvalue weighted by Gasteiger charge is -2.26. The van der Waals surface area contributed by atoms with Crippen LogP contribution in [0.25, 0.3) is 11.1 Å². The van der Waals surface area contributed by atoms with Crippen LogP contribution in [0, 0.1) is 11.3 Å². The van der Waals surface area contributed by atoms with Gasteiger partial charge in [0.25, 0.3) is 6.01 Å². The maximum Gasteiger partial charge on any atom is 0.295 e. The molecule has 1 heterocycles. The molecule has 0 bridgehead atoms. The van der Waals surface area contributed by atoms with E-state index in [0.29, 0.717) is 17.6 Å². The Labute approximate surface area is 108 Å². The number of nitrogens with two attached hydrogens (primary N) is 1. The van der Waals surface area contributed by atoms with Gasteiger partial charge in [0.05, 0.1) is 0 Å². The molecule has 0 amide bonds. The molecule has 4 nitrogen and oxygen atoms in total. The molecule has 0 saturated carbocycles. The van der Waals surface area contributed by atoms with Crippen molar-refractivity contribution in [1.82, 2.24) is 4.98 Å². The number of hydrogen-bond donors (Lipinski definition) is 2. The van der Waals surface area contributed by atoms with Crippen molar-refractivity contribution in [2.24, 2.45) is 11.3 Å². The Morgan fingerprint density at radius 3 is 2.78 bits per heavy atom. The zero-order chi connectivity index (χ0) is 13.3. The number of benzene rings is 1. The van der Waals surface area contributed by atoms with E-state index < -0.39 is 0 Å². The Bertz CT molecular complexity index is 539. The van der Waals surface area contributed by atoms with Crippen molar-refractivity contribution in [3.63, 3.8) is 0 Å². The number of nitrogen functional groups attached to an aromatic ring is 1. The molecule has 0 spiro atoms. The Hall–Kier alpha value is -1.71. The van der Waals surface area contributed by atoms with Gasteiger partial charge in [0, 0.05) is 12.2 Å². The van der Waals surface area contributed by atoms with Gasteiger partial charge in [-0.05, 0) is 29.5 Å². The number of fused-ring (bicyclic) bond motifs is 1. The van der Waals surface area contributed by atoms with E-state index in [1.807, 2.05) is 18.2 Å². The van der Waals surface area contributed by atoms with Gasteiger partial charge in [0.15, 0.2) is 5.58 Å². The van der Waals surface area contributed by atoms with Crippen LogP contribution >= 0.6 is 0 Å². The van der Waals surface area contributed by atoms with Crippen molar-refractivity contribution in [2.75, 3.05) is 17.6 Å². The van der Waals surface area contributed by atoms with Crippen molar-refractivity contribution in [2.45, 2.75) is 27.7 Å². The maximum atomic E-state index is 5.71. The van der Waals surface area contributed by atoms with E-state index in [4.69, 9.17) is 10.2 Å². The number of rotatable bonds is 3. The van der Waals surface area contributed by atoms with E-state index in [2.05, 4.69) is 38.0 Å². The quantitative estimate of drug-likeness (QED) is 0.815. The summed E-state index contributed by atoms with van der Waals surface area (Å²) < 4.78 is 5.61. The molecule has 0 saturated heterocycles. The van der Waals surface area contributed by atoms with Crippen LogP contribution in [0.15, 0.2) is 22.6 Å². The number of anilines is 2. The largest absolute Gasteiger partial charge is 0.424 e. The molecule has 0 radical (unpaired) electrons. The van der Waals surface area contributed by atoms with Gasteiger partial charge < -0.3 is 15.5 Å². The molecule has 1 atom stereocenters. The molecule has 4 heteroatoms. The number of oxazole rings is 1. The van der Waals surface area contributed by atoms with Crippen LogP contribution in [0.1, 0.15) is 27.7 Å². The van der Waals surface area contributed by atoms with Gasteiger partial charge in [-0.2, -0.15) is 4.98 Å². The molecule has 2 aromatic rings. The van der Waals surface area contributed by atoms with E-state index in [0.717, 1.165) is 17.6 Å². The van der Waals surface area contributed by atoms with Crippen molar-refractivity contribution in [3.8, 4) is 0 Å². The molecule has 0 aliphatic carbocycles. The van der Waals surface area contributed by atoms with Gasteiger partial charge in [0.2, 0.25) is 0 Å². The summed E-state index contributed by atoms with van der Waals surface area (Å²) in [4.78, 5) is 4.37. The fourth-order valence-electron chi connectivity index (χ4n) is 1.57. The molecule has 1 aromatic heterocycles. The average molecular weight is 247 g/mol. The van der Waals surface area contributed by atoms with E-state index >= 15 is 0 Å². The van der Waals surface area contributed by atoms with Crippen molar-refractivity contribution >= 4 is 22.8 Å². The lowest BCUT2D eigenvalue weighted by molar-refractivity contribution is 0.273. The second kappa shape index (κ2) is 4.52. The number of nitrogens with zero attached hydrogens (tertiary/aromatic N) is 1. The smallest absolute Gasteiger partial charge is 0.295 e. The second-order valence-corrected chi connectivity index (χ2v) is 5.89. The van der Waals surface area contributed by atoms with Gasteiger partial charge in [-0.1, -0.05) is 27.7 Å². The third kappa shape index (κ3) is 2.75. The minimum absolute atomic E-state index is 0.267.